The molecule has 0 saturated carbocycles. The molecule has 0 aromatic carbocycles. The van der Waals surface area contributed by atoms with Crippen LogP contribution >= 0.6 is 0 Å². The van der Waals surface area contributed by atoms with Crippen LogP contribution in [0, 0.1) is 6.92 Å². The van der Waals surface area contributed by atoms with Crippen molar-refractivity contribution in [3.05, 3.63) is 12.0 Å². The third kappa shape index (κ3) is 2.18. The lowest BCUT2D eigenvalue weighted by Crippen LogP contribution is -2.48. The molecule has 1 aliphatic heterocycles. The van der Waals surface area contributed by atoms with Gasteiger partial charge in [-0.1, -0.05) is 6.92 Å². The van der Waals surface area contributed by atoms with Crippen LogP contribution in [0.5, 0.6) is 0 Å². The van der Waals surface area contributed by atoms with Crippen molar-refractivity contribution in [2.24, 2.45) is 0 Å². The predicted molar refractivity (Wildman–Crippen MR) is 60.3 cm³/mol. The molecule has 1 aliphatic rings. The lowest BCUT2D eigenvalue weighted by molar-refractivity contribution is -0.131. The van der Waals surface area contributed by atoms with Crippen LogP contribution in [0.25, 0.3) is 0 Å². The highest BCUT2D eigenvalue weighted by Gasteiger charge is 2.22. The van der Waals surface area contributed by atoms with Crippen LogP contribution in [0.2, 0.25) is 0 Å². The van der Waals surface area contributed by atoms with E-state index in [1.165, 1.54) is 0 Å². The standard InChI is InChI=1S/C11H17N3O2/c1-3-10(15)13-4-6-14(7-5-13)11-12-9(2)8-16-11/h8H,3-7H2,1-2H3. The van der Waals surface area contributed by atoms with E-state index in [0.717, 1.165) is 31.9 Å². The van der Waals surface area contributed by atoms with E-state index in [1.807, 2.05) is 18.7 Å². The fourth-order valence-corrected chi connectivity index (χ4v) is 1.86. The van der Waals surface area contributed by atoms with Gasteiger partial charge in [0.2, 0.25) is 5.91 Å². The van der Waals surface area contributed by atoms with Crippen LogP contribution in [0.3, 0.4) is 0 Å². The first kappa shape index (κ1) is 11.0. The smallest absolute Gasteiger partial charge is 0.297 e. The average Bonchev–Trinajstić information content (AvgIpc) is 2.75. The minimum absolute atomic E-state index is 0.225. The fourth-order valence-electron chi connectivity index (χ4n) is 1.86. The molecule has 0 spiro atoms. The second-order valence-corrected chi connectivity index (χ2v) is 3.99. The molecule has 5 nitrogen and oxygen atoms in total. The van der Waals surface area contributed by atoms with Crippen LogP contribution in [0.1, 0.15) is 19.0 Å². The monoisotopic (exact) mass is 223 g/mol. The minimum atomic E-state index is 0.225. The highest BCUT2D eigenvalue weighted by Crippen LogP contribution is 2.15. The SMILES string of the molecule is CCC(=O)N1CCN(c2nc(C)co2)CC1. The van der Waals surface area contributed by atoms with Crippen LogP contribution in [-0.4, -0.2) is 42.0 Å². The fraction of sp³-hybridized carbons (Fsp3) is 0.636. The highest BCUT2D eigenvalue weighted by atomic mass is 16.4. The molecule has 1 saturated heterocycles. The summed E-state index contributed by atoms with van der Waals surface area (Å²) in [6.45, 7) is 6.91. The van der Waals surface area contributed by atoms with Gasteiger partial charge in [0, 0.05) is 32.6 Å². The lowest BCUT2D eigenvalue weighted by Gasteiger charge is -2.33. The number of rotatable bonds is 2. The van der Waals surface area contributed by atoms with Gasteiger partial charge in [0.05, 0.1) is 5.69 Å². The van der Waals surface area contributed by atoms with E-state index >= 15 is 0 Å². The Balaban J connectivity index is 1.92. The van der Waals surface area contributed by atoms with E-state index in [9.17, 15) is 4.79 Å². The van der Waals surface area contributed by atoms with Gasteiger partial charge in [-0.05, 0) is 6.92 Å². The van der Waals surface area contributed by atoms with Crippen molar-refractivity contribution in [3.8, 4) is 0 Å². The number of oxazole rings is 1. The van der Waals surface area contributed by atoms with Gasteiger partial charge in [-0.25, -0.2) is 0 Å². The van der Waals surface area contributed by atoms with Gasteiger partial charge in [-0.3, -0.25) is 4.79 Å². The Morgan fingerprint density at radius 1 is 1.44 bits per heavy atom. The van der Waals surface area contributed by atoms with Crippen molar-refractivity contribution >= 4 is 11.9 Å². The van der Waals surface area contributed by atoms with Crippen molar-refractivity contribution in [1.29, 1.82) is 0 Å². The summed E-state index contributed by atoms with van der Waals surface area (Å²) in [6, 6.07) is 0.668. The summed E-state index contributed by atoms with van der Waals surface area (Å²) in [5.74, 6) is 0.225. The molecule has 2 rings (SSSR count). The number of aromatic nitrogens is 1. The van der Waals surface area contributed by atoms with Crippen molar-refractivity contribution < 1.29 is 9.21 Å². The molecular formula is C11H17N3O2. The second-order valence-electron chi connectivity index (χ2n) is 3.99. The Hall–Kier alpha value is -1.52. The summed E-state index contributed by atoms with van der Waals surface area (Å²) in [7, 11) is 0. The number of amides is 1. The van der Waals surface area contributed by atoms with Crippen molar-refractivity contribution in [3.63, 3.8) is 0 Å². The van der Waals surface area contributed by atoms with Crippen LogP contribution < -0.4 is 4.90 Å². The molecule has 1 aromatic rings. The Bertz CT molecular complexity index is 367. The Labute approximate surface area is 95.0 Å². The zero-order valence-corrected chi connectivity index (χ0v) is 9.77. The molecule has 0 bridgehead atoms. The van der Waals surface area contributed by atoms with E-state index in [-0.39, 0.29) is 5.91 Å². The number of hydrogen-bond acceptors (Lipinski definition) is 4. The van der Waals surface area contributed by atoms with Gasteiger partial charge in [0.25, 0.3) is 6.01 Å². The summed E-state index contributed by atoms with van der Waals surface area (Å²) in [6.07, 6.45) is 2.23. The quantitative estimate of drug-likeness (QED) is 0.751. The number of aryl methyl sites for hydroxylation is 1. The molecule has 2 heterocycles. The van der Waals surface area contributed by atoms with Gasteiger partial charge in [-0.15, -0.1) is 0 Å². The summed E-state index contributed by atoms with van der Waals surface area (Å²) in [5.41, 5.74) is 0.891. The zero-order valence-electron chi connectivity index (χ0n) is 9.77. The normalized spacial score (nSPS) is 16.6. The molecule has 16 heavy (non-hydrogen) atoms. The Morgan fingerprint density at radius 3 is 2.62 bits per heavy atom. The largest absolute Gasteiger partial charge is 0.432 e. The Kier molecular flexibility index (Phi) is 3.12. The molecule has 5 heteroatoms. The number of anilines is 1. The van der Waals surface area contributed by atoms with Crippen molar-refractivity contribution in [1.82, 2.24) is 9.88 Å². The van der Waals surface area contributed by atoms with Gasteiger partial charge in [-0.2, -0.15) is 4.98 Å². The second kappa shape index (κ2) is 4.55. The maximum atomic E-state index is 11.5. The number of piperazine rings is 1. The summed E-state index contributed by atoms with van der Waals surface area (Å²) < 4.78 is 5.34. The molecule has 88 valence electrons. The topological polar surface area (TPSA) is 49.6 Å². The van der Waals surface area contributed by atoms with Gasteiger partial charge >= 0.3 is 0 Å². The Morgan fingerprint density at radius 2 is 2.12 bits per heavy atom. The lowest BCUT2D eigenvalue weighted by atomic mass is 10.3. The van der Waals surface area contributed by atoms with Crippen LogP contribution in [0.15, 0.2) is 10.7 Å². The number of carbonyl (C=O) groups is 1. The molecule has 0 radical (unpaired) electrons. The van der Waals surface area contributed by atoms with Gasteiger partial charge < -0.3 is 14.2 Å². The highest BCUT2D eigenvalue weighted by molar-refractivity contribution is 5.76. The number of nitrogens with zero attached hydrogens (tertiary/aromatic N) is 3. The molecular weight excluding hydrogens is 206 g/mol. The zero-order chi connectivity index (χ0) is 11.5. The summed E-state index contributed by atoms with van der Waals surface area (Å²) in [4.78, 5) is 19.7. The molecule has 0 unspecified atom stereocenters. The molecule has 1 fully saturated rings. The van der Waals surface area contributed by atoms with Crippen LogP contribution in [-0.2, 0) is 4.79 Å². The molecule has 0 atom stereocenters. The first-order valence-corrected chi connectivity index (χ1v) is 5.65. The third-order valence-electron chi connectivity index (χ3n) is 2.81. The molecule has 1 amide bonds. The van der Waals surface area contributed by atoms with E-state index in [2.05, 4.69) is 9.88 Å². The molecule has 0 aliphatic carbocycles. The van der Waals surface area contributed by atoms with Crippen LogP contribution in [0.4, 0.5) is 6.01 Å². The maximum Gasteiger partial charge on any atom is 0.297 e. The molecule has 1 aromatic heterocycles. The first-order chi connectivity index (χ1) is 7.70. The average molecular weight is 223 g/mol. The number of carbonyl (C=O) groups excluding carboxylic acids is 1. The van der Waals surface area contributed by atoms with Crippen molar-refractivity contribution in [2.75, 3.05) is 31.1 Å². The molecule has 0 N–H and O–H groups in total. The van der Waals surface area contributed by atoms with E-state index in [1.54, 1.807) is 6.26 Å². The first-order valence-electron chi connectivity index (χ1n) is 5.65. The van der Waals surface area contributed by atoms with E-state index in [4.69, 9.17) is 4.42 Å². The van der Waals surface area contributed by atoms with Gasteiger partial charge in [0.1, 0.15) is 6.26 Å². The maximum absolute atomic E-state index is 11.5. The van der Waals surface area contributed by atoms with Crippen molar-refractivity contribution in [2.45, 2.75) is 20.3 Å². The summed E-state index contributed by atoms with van der Waals surface area (Å²) >= 11 is 0. The van der Waals surface area contributed by atoms with E-state index in [0.29, 0.717) is 12.4 Å². The summed E-state index contributed by atoms with van der Waals surface area (Å²) in [5, 5.41) is 0. The third-order valence-corrected chi connectivity index (χ3v) is 2.81. The van der Waals surface area contributed by atoms with E-state index < -0.39 is 0 Å². The minimum Gasteiger partial charge on any atom is -0.432 e. The number of hydrogen-bond donors (Lipinski definition) is 0. The predicted octanol–water partition coefficient (Wildman–Crippen LogP) is 1.04. The van der Waals surface area contributed by atoms with Gasteiger partial charge in [0.15, 0.2) is 0 Å².